The van der Waals surface area contributed by atoms with Crippen molar-refractivity contribution in [3.8, 4) is 0 Å². The van der Waals surface area contributed by atoms with Crippen LogP contribution in [-0.2, 0) is 11.2 Å². The van der Waals surface area contributed by atoms with E-state index in [0.29, 0.717) is 5.92 Å². The molecular weight excluding hydrogens is 447 g/mol. The van der Waals surface area contributed by atoms with E-state index in [1.807, 2.05) is 49.7 Å². The molecule has 0 bridgehead atoms. The zero-order valence-electron chi connectivity index (χ0n) is 17.6. The average molecular weight is 473 g/mol. The first kappa shape index (κ1) is 22.5. The Morgan fingerprint density at radius 1 is 0.903 bits per heavy atom. The van der Waals surface area contributed by atoms with E-state index in [1.54, 1.807) is 0 Å². The van der Waals surface area contributed by atoms with Crippen molar-refractivity contribution >= 4 is 40.1 Å². The van der Waals surface area contributed by atoms with Gasteiger partial charge < -0.3 is 9.87 Å². The minimum absolute atomic E-state index is 0.0145. The molecule has 0 aliphatic carbocycles. The number of likely N-dealkylation sites (tertiary alicyclic amines) is 1. The van der Waals surface area contributed by atoms with E-state index in [4.69, 9.17) is 23.2 Å². The van der Waals surface area contributed by atoms with Crippen LogP contribution < -0.4 is 5.32 Å². The molecule has 3 aromatic rings. The summed E-state index contributed by atoms with van der Waals surface area (Å²) in [7, 11) is 1.91. The molecule has 1 fully saturated rings. The van der Waals surface area contributed by atoms with E-state index in [0.717, 1.165) is 34.4 Å². The fourth-order valence-electron chi connectivity index (χ4n) is 4.46. The summed E-state index contributed by atoms with van der Waals surface area (Å²) in [5, 5.41) is 4.65. The summed E-state index contributed by atoms with van der Waals surface area (Å²) >= 11 is 11.3. The molecule has 0 amide bonds. The zero-order valence-corrected chi connectivity index (χ0v) is 19.9. The first-order chi connectivity index (χ1) is 15.0. The summed E-state index contributed by atoms with van der Waals surface area (Å²) in [6.07, 6.45) is 1.81. The summed E-state index contributed by atoms with van der Waals surface area (Å²) in [5.41, 5.74) is 4.56. The fraction of sp³-hybridized carbons (Fsp3) is 0.280. The van der Waals surface area contributed by atoms with Crippen LogP contribution in [-0.4, -0.2) is 35.8 Å². The number of hydrogen-bond acceptors (Lipinski definition) is 3. The van der Waals surface area contributed by atoms with Crippen LogP contribution in [0.25, 0.3) is 0 Å². The molecule has 3 nitrogen and oxygen atoms in total. The Morgan fingerprint density at radius 3 is 1.94 bits per heavy atom. The molecule has 1 N–H and O–H groups in total. The predicted octanol–water partition coefficient (Wildman–Crippen LogP) is 6.18. The smallest absolute Gasteiger partial charge is 0.145 e. The minimum atomic E-state index is -0.956. The third kappa shape index (κ3) is 5.05. The summed E-state index contributed by atoms with van der Waals surface area (Å²) in [5.74, 6) is 0.333. The Labute approximate surface area is 197 Å². The zero-order chi connectivity index (χ0) is 22.0. The van der Waals surface area contributed by atoms with Crippen LogP contribution in [0, 0.1) is 5.92 Å². The highest BCUT2D eigenvalue weighted by Gasteiger charge is 2.43. The highest BCUT2D eigenvalue weighted by atomic mass is 35.5. The number of halogens is 2. The highest BCUT2D eigenvalue weighted by Crippen LogP contribution is 2.42. The Kier molecular flexibility index (Phi) is 7.15. The summed E-state index contributed by atoms with van der Waals surface area (Å²) in [6, 6.07) is 24.5. The quantitative estimate of drug-likeness (QED) is 0.417. The minimum Gasteiger partial charge on any atom is -0.616 e. The lowest BCUT2D eigenvalue weighted by Gasteiger charge is -2.47. The van der Waals surface area contributed by atoms with E-state index in [9.17, 15) is 4.55 Å². The van der Waals surface area contributed by atoms with Gasteiger partial charge in [0.2, 0.25) is 0 Å². The molecule has 2 atom stereocenters. The maximum atomic E-state index is 12.7. The molecule has 162 valence electrons. The van der Waals surface area contributed by atoms with E-state index >= 15 is 0 Å². The highest BCUT2D eigenvalue weighted by molar-refractivity contribution is 7.90. The van der Waals surface area contributed by atoms with Crippen molar-refractivity contribution < 1.29 is 4.55 Å². The number of nitrogens with one attached hydrogen (secondary N) is 1. The number of hydrogen-bond donors (Lipinski definition) is 1. The Bertz CT molecular complexity index is 959. The lowest BCUT2D eigenvalue weighted by Crippen LogP contribution is -2.52. The van der Waals surface area contributed by atoms with Crippen molar-refractivity contribution in [1.82, 2.24) is 4.90 Å². The van der Waals surface area contributed by atoms with Crippen LogP contribution in [0.2, 0.25) is 10.0 Å². The van der Waals surface area contributed by atoms with E-state index in [2.05, 4.69) is 46.6 Å². The second-order valence-corrected chi connectivity index (χ2v) is 10.4. The Hall–Kier alpha value is -1.69. The molecule has 4 rings (SSSR count). The lowest BCUT2D eigenvalue weighted by atomic mass is 9.86. The second kappa shape index (κ2) is 9.85. The molecule has 0 aromatic heterocycles. The third-order valence-corrected chi connectivity index (χ3v) is 7.84. The first-order valence-electron chi connectivity index (χ1n) is 10.3. The number of benzene rings is 3. The van der Waals surface area contributed by atoms with Gasteiger partial charge >= 0.3 is 0 Å². The molecule has 1 aliphatic heterocycles. The molecule has 0 radical (unpaired) electrons. The molecule has 31 heavy (non-hydrogen) atoms. The molecule has 6 heteroatoms. The first-order valence-corrected chi connectivity index (χ1v) is 12.7. The van der Waals surface area contributed by atoms with E-state index < -0.39 is 11.2 Å². The summed E-state index contributed by atoms with van der Waals surface area (Å²) < 4.78 is 12.7. The van der Waals surface area contributed by atoms with Gasteiger partial charge in [0, 0.05) is 47.4 Å². The van der Waals surface area contributed by atoms with Crippen LogP contribution in [0.1, 0.15) is 28.0 Å². The van der Waals surface area contributed by atoms with Gasteiger partial charge in [0.1, 0.15) is 5.25 Å². The van der Waals surface area contributed by atoms with Gasteiger partial charge in [-0.2, -0.15) is 0 Å². The molecule has 0 spiro atoms. The SMILES string of the molecule is CNc1cccc(C(C2CN(C(c3ccc(Cl)cc3)c3ccc(Cl)cc3)C2)[S+](C)[O-])c1. The molecule has 1 aliphatic rings. The molecule has 3 aromatic carbocycles. The maximum absolute atomic E-state index is 12.7. The Balaban J connectivity index is 1.59. The van der Waals surface area contributed by atoms with Crippen LogP contribution in [0.4, 0.5) is 5.69 Å². The Morgan fingerprint density at radius 2 is 1.45 bits per heavy atom. The maximum Gasteiger partial charge on any atom is 0.145 e. The molecule has 1 heterocycles. The van der Waals surface area contributed by atoms with Gasteiger partial charge in [0.15, 0.2) is 0 Å². The lowest BCUT2D eigenvalue weighted by molar-refractivity contribution is 0.0655. The van der Waals surface area contributed by atoms with Gasteiger partial charge in [-0.05, 0) is 58.7 Å². The molecule has 2 unspecified atom stereocenters. The normalized spacial score (nSPS) is 16.7. The monoisotopic (exact) mass is 472 g/mol. The largest absolute Gasteiger partial charge is 0.616 e. The average Bonchev–Trinajstić information content (AvgIpc) is 2.74. The molecular formula is C25H26Cl2N2OS. The fourth-order valence-corrected chi connectivity index (χ4v) is 5.96. The summed E-state index contributed by atoms with van der Waals surface area (Å²) in [6.45, 7) is 1.76. The van der Waals surface area contributed by atoms with Gasteiger partial charge in [-0.3, -0.25) is 4.90 Å². The van der Waals surface area contributed by atoms with Crippen molar-refractivity contribution in [2.24, 2.45) is 5.92 Å². The van der Waals surface area contributed by atoms with Gasteiger partial charge in [-0.15, -0.1) is 0 Å². The molecule has 1 saturated heterocycles. The summed E-state index contributed by atoms with van der Waals surface area (Å²) in [4.78, 5) is 2.44. The van der Waals surface area contributed by atoms with Crippen molar-refractivity contribution in [1.29, 1.82) is 0 Å². The van der Waals surface area contributed by atoms with Gasteiger partial charge in [0.05, 0.1) is 12.3 Å². The third-order valence-electron chi connectivity index (χ3n) is 5.96. The number of anilines is 1. The van der Waals surface area contributed by atoms with Crippen molar-refractivity contribution in [3.63, 3.8) is 0 Å². The van der Waals surface area contributed by atoms with Crippen LogP contribution >= 0.6 is 23.2 Å². The number of nitrogens with zero attached hydrogens (tertiary/aromatic N) is 1. The predicted molar refractivity (Wildman–Crippen MR) is 133 cm³/mol. The van der Waals surface area contributed by atoms with E-state index in [-0.39, 0.29) is 11.3 Å². The van der Waals surface area contributed by atoms with Crippen LogP contribution in [0.15, 0.2) is 72.8 Å². The van der Waals surface area contributed by atoms with Gasteiger partial charge in [-0.1, -0.05) is 59.6 Å². The molecule has 0 saturated carbocycles. The van der Waals surface area contributed by atoms with E-state index in [1.165, 1.54) is 11.1 Å². The van der Waals surface area contributed by atoms with Crippen LogP contribution in [0.3, 0.4) is 0 Å². The van der Waals surface area contributed by atoms with Gasteiger partial charge in [-0.25, -0.2) is 0 Å². The van der Waals surface area contributed by atoms with Crippen molar-refractivity contribution in [2.45, 2.75) is 11.3 Å². The standard InChI is InChI=1S/C25H26Cl2N2OS/c1-28-23-5-3-4-19(14-23)25(31(2)30)20-15-29(16-20)24(17-6-10-21(26)11-7-17)18-8-12-22(27)13-9-18/h3-14,20,24-25,28H,15-16H2,1-2H3. The van der Waals surface area contributed by atoms with Crippen molar-refractivity contribution in [3.05, 3.63) is 99.5 Å². The van der Waals surface area contributed by atoms with Crippen LogP contribution in [0.5, 0.6) is 0 Å². The van der Waals surface area contributed by atoms with Gasteiger partial charge in [0.25, 0.3) is 0 Å². The topological polar surface area (TPSA) is 38.3 Å². The van der Waals surface area contributed by atoms with Crippen molar-refractivity contribution in [2.75, 3.05) is 31.7 Å². The number of rotatable bonds is 7. The second-order valence-electron chi connectivity index (χ2n) is 8.01.